The minimum Gasteiger partial charge on any atom is -0.493 e. The molecular formula is C12H12O6. The summed E-state index contributed by atoms with van der Waals surface area (Å²) in [6.45, 7) is -0.251. The van der Waals surface area contributed by atoms with Gasteiger partial charge in [-0.2, -0.15) is 0 Å². The zero-order valence-corrected chi connectivity index (χ0v) is 9.93. The molecule has 0 amide bonds. The van der Waals surface area contributed by atoms with Gasteiger partial charge in [-0.25, -0.2) is 4.79 Å². The largest absolute Gasteiger partial charge is 0.493 e. The lowest BCUT2D eigenvalue weighted by atomic mass is 9.96. The number of methoxy groups -OCH3 is 2. The van der Waals surface area contributed by atoms with Gasteiger partial charge in [-0.15, -0.1) is 0 Å². The topological polar surface area (TPSA) is 82.1 Å². The van der Waals surface area contributed by atoms with E-state index in [-0.39, 0.29) is 18.0 Å². The summed E-state index contributed by atoms with van der Waals surface area (Å²) < 4.78 is 15.2. The lowest BCUT2D eigenvalue weighted by molar-refractivity contribution is -0.150. The molecule has 1 heterocycles. The van der Waals surface area contributed by atoms with E-state index < -0.39 is 12.1 Å². The van der Waals surface area contributed by atoms with Gasteiger partial charge >= 0.3 is 5.97 Å². The Morgan fingerprint density at radius 1 is 1.33 bits per heavy atom. The van der Waals surface area contributed by atoms with Gasteiger partial charge in [-0.1, -0.05) is 0 Å². The Hall–Kier alpha value is -2.08. The molecule has 1 N–H and O–H groups in total. The normalized spacial score (nSPS) is 18.1. The van der Waals surface area contributed by atoms with Crippen molar-refractivity contribution in [2.24, 2.45) is 0 Å². The van der Waals surface area contributed by atoms with E-state index in [1.807, 2.05) is 0 Å². The molecule has 1 atom stereocenters. The average molecular weight is 252 g/mol. The van der Waals surface area contributed by atoms with Crippen LogP contribution in [0.3, 0.4) is 0 Å². The Labute approximate surface area is 103 Å². The molecule has 0 aromatic heterocycles. The first-order chi connectivity index (χ1) is 8.58. The summed E-state index contributed by atoms with van der Waals surface area (Å²) in [5.41, 5.74) is 0.586. The van der Waals surface area contributed by atoms with Crippen molar-refractivity contribution in [2.75, 3.05) is 20.8 Å². The number of hydrogen-bond acceptors (Lipinski definition) is 5. The third-order valence-electron chi connectivity index (χ3n) is 2.74. The third-order valence-corrected chi connectivity index (χ3v) is 2.74. The molecule has 6 nitrogen and oxygen atoms in total. The van der Waals surface area contributed by atoms with E-state index in [1.54, 1.807) is 0 Å². The second kappa shape index (κ2) is 4.66. The van der Waals surface area contributed by atoms with Crippen LogP contribution in [-0.2, 0) is 9.53 Å². The number of aliphatic carboxylic acids is 1. The number of rotatable bonds is 3. The molecule has 1 aromatic rings. The summed E-state index contributed by atoms with van der Waals surface area (Å²) >= 11 is 0. The first-order valence-electron chi connectivity index (χ1n) is 5.22. The molecule has 6 heteroatoms. The fourth-order valence-corrected chi connectivity index (χ4v) is 1.88. The van der Waals surface area contributed by atoms with Crippen molar-refractivity contribution >= 4 is 11.8 Å². The molecule has 1 unspecified atom stereocenters. The van der Waals surface area contributed by atoms with Gasteiger partial charge in [0, 0.05) is 11.1 Å². The van der Waals surface area contributed by atoms with Gasteiger partial charge in [0.25, 0.3) is 0 Å². The fraction of sp³-hybridized carbons (Fsp3) is 0.333. The van der Waals surface area contributed by atoms with Crippen molar-refractivity contribution in [3.05, 3.63) is 23.3 Å². The first-order valence-corrected chi connectivity index (χ1v) is 5.22. The Balaban J connectivity index is 2.60. The van der Waals surface area contributed by atoms with Gasteiger partial charge in [-0.3, -0.25) is 4.79 Å². The summed E-state index contributed by atoms with van der Waals surface area (Å²) in [7, 11) is 2.88. The van der Waals surface area contributed by atoms with Crippen LogP contribution in [0.2, 0.25) is 0 Å². The number of carbonyl (C=O) groups excluding carboxylic acids is 1. The second-order valence-electron chi connectivity index (χ2n) is 3.75. The monoisotopic (exact) mass is 252 g/mol. The van der Waals surface area contributed by atoms with Crippen LogP contribution in [0, 0.1) is 0 Å². The SMILES string of the molecule is COc1cc2c(cc1OC)C(C(=O)O)OCC2=O. The number of fused-ring (bicyclic) bond motifs is 1. The van der Waals surface area contributed by atoms with E-state index in [2.05, 4.69) is 0 Å². The van der Waals surface area contributed by atoms with Gasteiger partial charge < -0.3 is 19.3 Å². The standard InChI is InChI=1S/C12H12O6/c1-16-9-3-6-7(4-10(9)17-2)11(12(14)15)18-5-8(6)13/h3-4,11H,5H2,1-2H3,(H,14,15). The predicted molar refractivity (Wildman–Crippen MR) is 60.2 cm³/mol. The van der Waals surface area contributed by atoms with E-state index >= 15 is 0 Å². The third kappa shape index (κ3) is 1.91. The second-order valence-corrected chi connectivity index (χ2v) is 3.75. The number of carbonyl (C=O) groups is 2. The molecule has 0 fully saturated rings. The van der Waals surface area contributed by atoms with Crippen LogP contribution in [0.4, 0.5) is 0 Å². The van der Waals surface area contributed by atoms with E-state index in [0.29, 0.717) is 17.1 Å². The summed E-state index contributed by atoms with van der Waals surface area (Å²) in [6, 6.07) is 2.94. The molecule has 0 spiro atoms. The van der Waals surface area contributed by atoms with Crippen LogP contribution in [0.25, 0.3) is 0 Å². The quantitative estimate of drug-likeness (QED) is 0.865. The Bertz CT molecular complexity index is 508. The lowest BCUT2D eigenvalue weighted by Crippen LogP contribution is -2.27. The van der Waals surface area contributed by atoms with E-state index in [1.165, 1.54) is 26.4 Å². The van der Waals surface area contributed by atoms with Crippen molar-refractivity contribution in [1.29, 1.82) is 0 Å². The minimum absolute atomic E-state index is 0.251. The highest BCUT2D eigenvalue weighted by molar-refractivity contribution is 6.01. The minimum atomic E-state index is -1.16. The van der Waals surface area contributed by atoms with Crippen molar-refractivity contribution < 1.29 is 28.9 Å². The molecule has 0 radical (unpaired) electrons. The summed E-state index contributed by atoms with van der Waals surface area (Å²) in [6.07, 6.45) is -1.16. The summed E-state index contributed by atoms with van der Waals surface area (Å²) in [5, 5.41) is 9.05. The van der Waals surface area contributed by atoms with Crippen LogP contribution < -0.4 is 9.47 Å². The molecule has 2 rings (SSSR count). The molecule has 1 aliphatic rings. The fourth-order valence-electron chi connectivity index (χ4n) is 1.88. The number of carboxylic acids is 1. The molecular weight excluding hydrogens is 240 g/mol. The number of hydrogen-bond donors (Lipinski definition) is 1. The number of carboxylic acid groups (broad SMARTS) is 1. The zero-order valence-electron chi connectivity index (χ0n) is 9.93. The van der Waals surface area contributed by atoms with E-state index in [0.717, 1.165) is 0 Å². The van der Waals surface area contributed by atoms with Gasteiger partial charge in [-0.05, 0) is 12.1 Å². The van der Waals surface area contributed by atoms with Crippen molar-refractivity contribution in [3.8, 4) is 11.5 Å². The van der Waals surface area contributed by atoms with Crippen molar-refractivity contribution in [2.45, 2.75) is 6.10 Å². The maximum absolute atomic E-state index is 11.7. The lowest BCUT2D eigenvalue weighted by Gasteiger charge is -2.23. The van der Waals surface area contributed by atoms with Crippen molar-refractivity contribution in [3.63, 3.8) is 0 Å². The van der Waals surface area contributed by atoms with Gasteiger partial charge in [0.15, 0.2) is 23.4 Å². The summed E-state index contributed by atoms with van der Waals surface area (Å²) in [4.78, 5) is 22.8. The predicted octanol–water partition coefficient (Wildman–Crippen LogP) is 1.04. The highest BCUT2D eigenvalue weighted by Gasteiger charge is 2.32. The van der Waals surface area contributed by atoms with E-state index in [9.17, 15) is 9.59 Å². The summed E-state index contributed by atoms with van der Waals surface area (Å²) in [5.74, 6) is -0.670. The van der Waals surface area contributed by atoms with Crippen LogP contribution in [0.15, 0.2) is 12.1 Å². The molecule has 0 saturated heterocycles. The molecule has 0 bridgehead atoms. The van der Waals surface area contributed by atoms with Gasteiger partial charge in [0.1, 0.15) is 6.61 Å². The molecule has 0 saturated carbocycles. The maximum atomic E-state index is 11.7. The average Bonchev–Trinajstić information content (AvgIpc) is 2.37. The van der Waals surface area contributed by atoms with Gasteiger partial charge in [0.2, 0.25) is 0 Å². The van der Waals surface area contributed by atoms with Crippen LogP contribution in [-0.4, -0.2) is 37.7 Å². The Morgan fingerprint density at radius 2 is 1.94 bits per heavy atom. The molecule has 1 aliphatic heterocycles. The van der Waals surface area contributed by atoms with Crippen LogP contribution in [0.1, 0.15) is 22.0 Å². The highest BCUT2D eigenvalue weighted by Crippen LogP contribution is 2.36. The van der Waals surface area contributed by atoms with Crippen LogP contribution in [0.5, 0.6) is 11.5 Å². The Kier molecular flexibility index (Phi) is 3.20. The molecule has 96 valence electrons. The molecule has 0 aliphatic carbocycles. The number of ether oxygens (including phenoxy) is 3. The molecule has 1 aromatic carbocycles. The first kappa shape index (κ1) is 12.4. The number of ketones is 1. The van der Waals surface area contributed by atoms with Crippen LogP contribution >= 0.6 is 0 Å². The van der Waals surface area contributed by atoms with Gasteiger partial charge in [0.05, 0.1) is 14.2 Å². The van der Waals surface area contributed by atoms with Crippen molar-refractivity contribution in [1.82, 2.24) is 0 Å². The highest BCUT2D eigenvalue weighted by atomic mass is 16.5. The molecule has 18 heavy (non-hydrogen) atoms. The zero-order chi connectivity index (χ0) is 13.3. The number of Topliss-reactive ketones (excluding diaryl/α,β-unsaturated/α-hetero) is 1. The smallest absolute Gasteiger partial charge is 0.337 e. The number of benzene rings is 1. The Morgan fingerprint density at radius 3 is 2.50 bits per heavy atom. The maximum Gasteiger partial charge on any atom is 0.337 e. The van der Waals surface area contributed by atoms with E-state index in [4.69, 9.17) is 19.3 Å².